The number of phenols is 1. The molecule has 4 aliphatic rings. The molecule has 2 heterocycles. The number of aryl methyl sites for hydroxylation is 2. The maximum absolute atomic E-state index is 14.4. The molecule has 1 saturated carbocycles. The van der Waals surface area contributed by atoms with Crippen LogP contribution in [0.4, 0.5) is 15.8 Å². The first-order valence-corrected chi connectivity index (χ1v) is 15.1. The van der Waals surface area contributed by atoms with Crippen LogP contribution in [0.1, 0.15) is 35.4 Å². The molecule has 0 radical (unpaired) electrons. The normalized spacial score (nSPS) is 31.2. The molecule has 44 heavy (non-hydrogen) atoms. The molecule has 6 unspecified atom stereocenters. The van der Waals surface area contributed by atoms with E-state index in [9.17, 15) is 28.7 Å². The average Bonchev–Trinajstić information content (AvgIpc) is 3.34. The minimum absolute atomic E-state index is 0.0800. The molecule has 224 valence electrons. The Morgan fingerprint density at radius 2 is 1.43 bits per heavy atom. The fourth-order valence-corrected chi connectivity index (χ4v) is 8.70. The average molecular weight is 634 g/mol. The second-order valence-electron chi connectivity index (χ2n) is 12.1. The van der Waals surface area contributed by atoms with E-state index in [1.165, 1.54) is 17.0 Å². The zero-order valence-corrected chi connectivity index (χ0v) is 25.3. The third-order valence-corrected chi connectivity index (χ3v) is 11.2. The second-order valence-corrected chi connectivity index (χ2v) is 13.3. The van der Waals surface area contributed by atoms with Crippen LogP contribution in [0.5, 0.6) is 5.75 Å². The van der Waals surface area contributed by atoms with Crippen LogP contribution in [-0.4, -0.2) is 38.5 Å². The monoisotopic (exact) mass is 632 g/mol. The van der Waals surface area contributed by atoms with Crippen molar-refractivity contribution in [2.75, 3.05) is 9.80 Å². The van der Waals surface area contributed by atoms with Gasteiger partial charge in [0.2, 0.25) is 11.8 Å². The first-order valence-electron chi connectivity index (χ1n) is 14.4. The number of hydrogen-bond donors (Lipinski definition) is 1. The number of anilines is 2. The van der Waals surface area contributed by atoms with Gasteiger partial charge in [0.15, 0.2) is 9.75 Å². The first kappa shape index (κ1) is 28.7. The number of fused-ring (bicyclic) bond motifs is 4. The Labute approximate surface area is 262 Å². The molecule has 2 aliphatic heterocycles. The van der Waals surface area contributed by atoms with Crippen LogP contribution in [0.15, 0.2) is 78.4 Å². The van der Waals surface area contributed by atoms with Crippen molar-refractivity contribution in [1.29, 1.82) is 0 Å². The summed E-state index contributed by atoms with van der Waals surface area (Å²) in [6, 6.07) is 17.0. The lowest BCUT2D eigenvalue weighted by Crippen LogP contribution is -2.60. The third-order valence-electron chi connectivity index (χ3n) is 9.76. The Hall–Kier alpha value is -4.01. The predicted molar refractivity (Wildman–Crippen MR) is 163 cm³/mol. The summed E-state index contributed by atoms with van der Waals surface area (Å²) in [7, 11) is 0. The van der Waals surface area contributed by atoms with E-state index in [4.69, 9.17) is 23.2 Å². The summed E-state index contributed by atoms with van der Waals surface area (Å²) in [5, 5.41) is 10.6. The molecule has 3 aromatic carbocycles. The number of allylic oxidation sites excluding steroid dienone is 2. The highest BCUT2D eigenvalue weighted by Gasteiger charge is 2.76. The van der Waals surface area contributed by atoms with Crippen molar-refractivity contribution in [2.45, 2.75) is 42.4 Å². The van der Waals surface area contributed by atoms with Crippen molar-refractivity contribution in [3.63, 3.8) is 0 Å². The van der Waals surface area contributed by atoms with Gasteiger partial charge in [0.25, 0.3) is 11.8 Å². The van der Waals surface area contributed by atoms with E-state index in [0.717, 1.165) is 17.0 Å². The molecule has 3 fully saturated rings. The van der Waals surface area contributed by atoms with E-state index in [2.05, 4.69) is 0 Å². The van der Waals surface area contributed by atoms with Gasteiger partial charge in [-0.2, -0.15) is 0 Å². The van der Waals surface area contributed by atoms with Gasteiger partial charge in [0, 0.05) is 5.92 Å². The zero-order valence-electron chi connectivity index (χ0n) is 23.8. The standard InChI is InChI=1S/C34H27Cl2FN2O5/c1-17-14-19(15-18(2)28(17)40)27-23-12-13-24-26(30(42)38(29(24)41)21-6-4-3-5-7-21)25(23)16-33(35)31(43)39(32(44)34(27,33)36)22-10-8-20(37)9-11-22/h3-12,14-15,24-27,40H,13,16H2,1-2H3. The van der Waals surface area contributed by atoms with Crippen molar-refractivity contribution < 1.29 is 28.7 Å². The predicted octanol–water partition coefficient (Wildman–Crippen LogP) is 5.92. The molecule has 2 saturated heterocycles. The molecule has 4 amide bonds. The van der Waals surface area contributed by atoms with Crippen LogP contribution in [0, 0.1) is 37.4 Å². The van der Waals surface area contributed by atoms with Crippen LogP contribution < -0.4 is 9.80 Å². The molecule has 7 rings (SSSR count). The quantitative estimate of drug-likeness (QED) is 0.220. The molecular formula is C34H27Cl2FN2O5. The van der Waals surface area contributed by atoms with E-state index in [-0.39, 0.29) is 30.2 Å². The van der Waals surface area contributed by atoms with Crippen LogP contribution in [0.3, 0.4) is 0 Å². The number of amides is 4. The van der Waals surface area contributed by atoms with Crippen LogP contribution in [0.25, 0.3) is 0 Å². The van der Waals surface area contributed by atoms with Gasteiger partial charge in [-0.15, -0.1) is 23.2 Å². The van der Waals surface area contributed by atoms with Gasteiger partial charge in [-0.3, -0.25) is 24.1 Å². The van der Waals surface area contributed by atoms with Crippen molar-refractivity contribution in [1.82, 2.24) is 0 Å². The lowest BCUT2D eigenvalue weighted by Gasteiger charge is -2.50. The van der Waals surface area contributed by atoms with Gasteiger partial charge >= 0.3 is 0 Å². The number of benzene rings is 3. The number of rotatable bonds is 3. The summed E-state index contributed by atoms with van der Waals surface area (Å²) in [6.45, 7) is 3.44. The number of alkyl halides is 2. The number of imide groups is 2. The highest BCUT2D eigenvalue weighted by atomic mass is 35.5. The number of hydrogen-bond acceptors (Lipinski definition) is 5. The SMILES string of the molecule is Cc1cc(C2C3=CCC4C(=O)N(c5ccccc5)C(=O)C4C3CC3(Cl)C(=O)N(c4ccc(F)cc4)C(=O)C23Cl)cc(C)c1O. The minimum atomic E-state index is -2.03. The molecule has 0 aromatic heterocycles. The van der Waals surface area contributed by atoms with E-state index in [0.29, 0.717) is 28.0 Å². The molecule has 3 aromatic rings. The van der Waals surface area contributed by atoms with Gasteiger partial charge in [-0.25, -0.2) is 9.29 Å². The molecule has 2 aliphatic carbocycles. The largest absolute Gasteiger partial charge is 0.507 e. The van der Waals surface area contributed by atoms with Crippen LogP contribution in [-0.2, 0) is 19.2 Å². The maximum Gasteiger partial charge on any atom is 0.258 e. The number of carbonyl (C=O) groups excluding carboxylic acids is 4. The third kappa shape index (κ3) is 3.67. The van der Waals surface area contributed by atoms with Gasteiger partial charge < -0.3 is 5.11 Å². The molecule has 10 heteroatoms. The Balaban J connectivity index is 1.42. The van der Waals surface area contributed by atoms with E-state index in [1.807, 2.05) is 6.08 Å². The minimum Gasteiger partial charge on any atom is -0.507 e. The molecule has 6 atom stereocenters. The topological polar surface area (TPSA) is 95.0 Å². The summed E-state index contributed by atoms with van der Waals surface area (Å²) in [5.41, 5.74) is 2.84. The smallest absolute Gasteiger partial charge is 0.258 e. The van der Waals surface area contributed by atoms with Crippen molar-refractivity contribution >= 4 is 58.2 Å². The molecule has 0 spiro atoms. The van der Waals surface area contributed by atoms with Crippen molar-refractivity contribution in [2.24, 2.45) is 17.8 Å². The highest BCUT2D eigenvalue weighted by molar-refractivity contribution is 6.58. The number of carbonyl (C=O) groups is 4. The lowest BCUT2D eigenvalue weighted by molar-refractivity contribution is -0.125. The summed E-state index contributed by atoms with van der Waals surface area (Å²) < 4.78 is 13.8. The summed E-state index contributed by atoms with van der Waals surface area (Å²) >= 11 is 14.8. The Morgan fingerprint density at radius 1 is 0.818 bits per heavy atom. The number of aromatic hydroxyl groups is 1. The second kappa shape index (κ2) is 9.74. The summed E-state index contributed by atoms with van der Waals surface area (Å²) in [6.07, 6.45) is 1.94. The van der Waals surface area contributed by atoms with Crippen molar-refractivity contribution in [3.05, 3.63) is 101 Å². The van der Waals surface area contributed by atoms with Crippen molar-refractivity contribution in [3.8, 4) is 5.75 Å². The number of nitrogens with zero attached hydrogens (tertiary/aromatic N) is 2. The molecular weight excluding hydrogens is 606 g/mol. The number of para-hydroxylation sites is 1. The van der Waals surface area contributed by atoms with Gasteiger partial charge in [0.1, 0.15) is 11.6 Å². The fraction of sp³-hybridized carbons (Fsp3) is 0.294. The fourth-order valence-electron chi connectivity index (χ4n) is 7.76. The molecule has 1 N–H and O–H groups in total. The number of phenolic OH excluding ortho intramolecular Hbond substituents is 1. The Bertz CT molecular complexity index is 1790. The zero-order chi connectivity index (χ0) is 31.3. The summed E-state index contributed by atoms with van der Waals surface area (Å²) in [4.78, 5) is 54.6. The highest BCUT2D eigenvalue weighted by Crippen LogP contribution is 2.66. The Morgan fingerprint density at radius 3 is 2.07 bits per heavy atom. The van der Waals surface area contributed by atoms with Crippen LogP contribution >= 0.6 is 23.2 Å². The lowest BCUT2D eigenvalue weighted by atomic mass is 9.56. The Kier molecular flexibility index (Phi) is 6.37. The molecule has 0 bridgehead atoms. The van der Waals surface area contributed by atoms with Gasteiger partial charge in [-0.1, -0.05) is 42.0 Å². The maximum atomic E-state index is 14.4. The van der Waals surface area contributed by atoms with Gasteiger partial charge in [-0.05, 0) is 85.7 Å². The van der Waals surface area contributed by atoms with E-state index >= 15 is 0 Å². The van der Waals surface area contributed by atoms with E-state index in [1.54, 1.807) is 56.3 Å². The number of halogens is 3. The molecule has 7 nitrogen and oxygen atoms in total. The van der Waals surface area contributed by atoms with Crippen LogP contribution in [0.2, 0.25) is 0 Å². The van der Waals surface area contributed by atoms with Gasteiger partial charge in [0.05, 0.1) is 23.2 Å². The van der Waals surface area contributed by atoms with E-state index < -0.39 is 57.0 Å². The summed E-state index contributed by atoms with van der Waals surface area (Å²) in [5.74, 6) is -5.90. The first-order chi connectivity index (χ1) is 20.9.